The van der Waals surface area contributed by atoms with Gasteiger partial charge in [-0.25, -0.2) is 0 Å². The fraction of sp³-hybridized carbons (Fsp3) is 1.00. The van der Waals surface area contributed by atoms with E-state index in [4.69, 9.17) is 21.1 Å². The van der Waals surface area contributed by atoms with Crippen molar-refractivity contribution < 1.29 is 31.4 Å². The van der Waals surface area contributed by atoms with E-state index in [9.17, 15) is 0 Å². The number of rotatable bonds is 11. The number of ether oxygens (including phenoxy) is 2. The first kappa shape index (κ1) is 42.4. The van der Waals surface area contributed by atoms with Crippen molar-refractivity contribution in [3.8, 4) is 0 Å². The molecule has 9 N–H and O–H groups in total. The molecule has 8 nitrogen and oxygen atoms in total. The van der Waals surface area contributed by atoms with Gasteiger partial charge in [-0.05, 0) is 87.0 Å². The molecule has 1 heterocycles. The topological polar surface area (TPSA) is 160 Å². The Morgan fingerprint density at radius 3 is 2.21 bits per heavy atom. The van der Waals surface area contributed by atoms with Gasteiger partial charge in [0.25, 0.3) is 0 Å². The van der Waals surface area contributed by atoms with Gasteiger partial charge in [0.05, 0.1) is 12.7 Å². The van der Waals surface area contributed by atoms with Crippen LogP contribution in [0.5, 0.6) is 0 Å². The van der Waals surface area contributed by atoms with Crippen molar-refractivity contribution in [2.75, 3.05) is 46.5 Å². The molecule has 3 unspecified atom stereocenters. The Kier molecular flexibility index (Phi) is 23.2. The Hall–Kier alpha value is -0.0300. The summed E-state index contributed by atoms with van der Waals surface area (Å²) in [6.07, 6.45) is 11.8. The first-order valence-electron chi connectivity index (χ1n) is 14.0. The van der Waals surface area contributed by atoms with Crippen molar-refractivity contribution in [3.05, 3.63) is 0 Å². The predicted molar refractivity (Wildman–Crippen MR) is 161 cm³/mol. The molecule has 1 aliphatic heterocycles. The Bertz CT molecular complexity index is 561. The Morgan fingerprint density at radius 2 is 1.63 bits per heavy atom. The molecule has 0 spiro atoms. The van der Waals surface area contributed by atoms with E-state index in [1.807, 2.05) is 7.11 Å². The summed E-state index contributed by atoms with van der Waals surface area (Å²) in [5.41, 5.74) is 0.395. The number of hydrogen-bond donors (Lipinski definition) is 1. The molecule has 234 valence electrons. The second-order valence-electron chi connectivity index (χ2n) is 12.4. The van der Waals surface area contributed by atoms with Gasteiger partial charge in [0.1, 0.15) is 0 Å². The van der Waals surface area contributed by atoms with Crippen LogP contribution in [0.3, 0.4) is 0 Å². The molecule has 2 saturated carbocycles. The van der Waals surface area contributed by atoms with Crippen LogP contribution in [0.15, 0.2) is 0 Å². The number of halogens is 1. The molecule has 1 saturated heterocycles. The molecule has 3 aliphatic rings. The zero-order valence-corrected chi connectivity index (χ0v) is 25.0. The molecule has 2 aliphatic carbocycles. The van der Waals surface area contributed by atoms with Crippen LogP contribution in [0.2, 0.25) is 0 Å². The van der Waals surface area contributed by atoms with Crippen molar-refractivity contribution in [1.82, 2.24) is 10.2 Å². The van der Waals surface area contributed by atoms with Crippen molar-refractivity contribution in [2.24, 2.45) is 29.1 Å². The highest BCUT2D eigenvalue weighted by Crippen LogP contribution is 2.45. The number of likely N-dealkylation sites (tertiary alicyclic amines) is 1. The number of piperidine rings is 1. The predicted octanol–water partition coefficient (Wildman–Crippen LogP) is 3.31. The van der Waals surface area contributed by atoms with Crippen LogP contribution in [0.4, 0.5) is 0 Å². The van der Waals surface area contributed by atoms with Gasteiger partial charge in [-0.2, -0.15) is 0 Å². The summed E-state index contributed by atoms with van der Waals surface area (Å²) < 4.78 is 11.6. The quantitative estimate of drug-likeness (QED) is 0.297. The average Bonchev–Trinajstić information content (AvgIpc) is 2.76. The molecular formula is C29H65ClN2O6. The van der Waals surface area contributed by atoms with Crippen molar-refractivity contribution in [2.45, 2.75) is 110 Å². The maximum Gasteiger partial charge on any atom is 0.0594 e. The van der Waals surface area contributed by atoms with Crippen LogP contribution >= 0.6 is 11.6 Å². The lowest BCUT2D eigenvalue weighted by Crippen LogP contribution is -2.53. The van der Waals surface area contributed by atoms with E-state index in [-0.39, 0.29) is 29.3 Å². The Morgan fingerprint density at radius 1 is 0.974 bits per heavy atom. The van der Waals surface area contributed by atoms with Gasteiger partial charge in [-0.1, -0.05) is 41.5 Å². The number of nitrogens with zero attached hydrogens (tertiary/aromatic N) is 1. The maximum atomic E-state index is 6.39. The summed E-state index contributed by atoms with van der Waals surface area (Å²) >= 11 is 6.39. The molecular weight excluding hydrogens is 508 g/mol. The zero-order chi connectivity index (χ0) is 23.8. The van der Waals surface area contributed by atoms with E-state index < -0.39 is 0 Å². The second-order valence-corrected chi connectivity index (χ2v) is 13.0. The van der Waals surface area contributed by atoms with Gasteiger partial charge >= 0.3 is 0 Å². The van der Waals surface area contributed by atoms with E-state index in [0.717, 1.165) is 44.6 Å². The molecule has 0 amide bonds. The van der Waals surface area contributed by atoms with Gasteiger partial charge in [0, 0.05) is 44.8 Å². The fourth-order valence-electron chi connectivity index (χ4n) is 7.03. The Labute approximate surface area is 239 Å². The Balaban J connectivity index is -0.00000245. The van der Waals surface area contributed by atoms with Crippen LogP contribution < -0.4 is 5.32 Å². The van der Waals surface area contributed by atoms with Gasteiger partial charge < -0.3 is 41.6 Å². The third kappa shape index (κ3) is 13.1. The SMILES string of the molecule is C.COCC1CCCC(OCCN[C@@H](CN2CCC(C3CCC(Cl)CC3)C(C)(C)C2)C(C)C)C1.O.O.O.O. The molecule has 0 radical (unpaired) electrons. The van der Waals surface area contributed by atoms with Crippen LogP contribution in [0.1, 0.15) is 92.9 Å². The van der Waals surface area contributed by atoms with Crippen LogP contribution in [-0.2, 0) is 9.47 Å². The summed E-state index contributed by atoms with van der Waals surface area (Å²) in [4.78, 5) is 2.73. The van der Waals surface area contributed by atoms with Gasteiger partial charge in [0.2, 0.25) is 0 Å². The van der Waals surface area contributed by atoms with E-state index in [2.05, 4.69) is 37.9 Å². The monoisotopic (exact) mass is 572 g/mol. The van der Waals surface area contributed by atoms with Crippen LogP contribution in [0, 0.1) is 29.1 Å². The minimum absolute atomic E-state index is 0. The molecule has 0 aromatic carbocycles. The standard InChI is InChI=1S/C28H53ClN2O2.CH4.4H2O/c1-21(2)27(30-14-16-33-25-8-6-7-22(17-25)19-32-5)18-31-15-13-26(28(3,4)20-31)23-9-11-24(29)12-10-23;;;;;/h21-27,30H,6-20H2,1-5H3;1H4;4*1H2/t22?,23?,24?,25?,26?,27-;;;;;/m0...../s1. The smallest absolute Gasteiger partial charge is 0.0594 e. The van der Waals surface area contributed by atoms with Crippen molar-refractivity contribution in [3.63, 3.8) is 0 Å². The molecule has 4 atom stereocenters. The maximum absolute atomic E-state index is 6.39. The molecule has 0 aromatic rings. The molecule has 9 heteroatoms. The summed E-state index contributed by atoms with van der Waals surface area (Å²) in [6.45, 7) is 16.0. The average molecular weight is 573 g/mol. The lowest BCUT2D eigenvalue weighted by atomic mass is 9.64. The minimum Gasteiger partial charge on any atom is -0.412 e. The number of methoxy groups -OCH3 is 1. The van der Waals surface area contributed by atoms with E-state index in [0.29, 0.717) is 34.8 Å². The first-order valence-corrected chi connectivity index (χ1v) is 14.4. The lowest BCUT2D eigenvalue weighted by molar-refractivity contribution is -0.00493. The third-order valence-electron chi connectivity index (χ3n) is 8.92. The van der Waals surface area contributed by atoms with Crippen molar-refractivity contribution in [1.29, 1.82) is 0 Å². The number of nitrogens with one attached hydrogen (secondary N) is 1. The van der Waals surface area contributed by atoms with Gasteiger partial charge in [0.15, 0.2) is 0 Å². The highest BCUT2D eigenvalue weighted by molar-refractivity contribution is 6.20. The largest absolute Gasteiger partial charge is 0.412 e. The normalized spacial score (nSPS) is 29.9. The van der Waals surface area contributed by atoms with Crippen LogP contribution in [0.25, 0.3) is 0 Å². The molecule has 0 aromatic heterocycles. The number of hydrogen-bond acceptors (Lipinski definition) is 4. The highest BCUT2D eigenvalue weighted by atomic mass is 35.5. The number of alkyl halides is 1. The lowest BCUT2D eigenvalue weighted by Gasteiger charge is -2.49. The summed E-state index contributed by atoms with van der Waals surface area (Å²) in [5, 5.41) is 4.27. The third-order valence-corrected chi connectivity index (χ3v) is 9.36. The summed E-state index contributed by atoms with van der Waals surface area (Å²) in [6, 6.07) is 0.528. The molecule has 3 rings (SSSR count). The zero-order valence-electron chi connectivity index (χ0n) is 24.3. The first-order chi connectivity index (χ1) is 15.8. The van der Waals surface area contributed by atoms with E-state index in [1.54, 1.807) is 0 Å². The van der Waals surface area contributed by atoms with Crippen molar-refractivity contribution >= 4 is 11.6 Å². The van der Waals surface area contributed by atoms with Crippen LogP contribution in [-0.4, -0.2) is 90.8 Å². The second kappa shape index (κ2) is 20.8. The summed E-state index contributed by atoms with van der Waals surface area (Å²) in [5.74, 6) is 3.05. The van der Waals surface area contributed by atoms with Gasteiger partial charge in [-0.3, -0.25) is 0 Å². The van der Waals surface area contributed by atoms with Gasteiger partial charge in [-0.15, -0.1) is 11.6 Å². The van der Waals surface area contributed by atoms with E-state index in [1.165, 1.54) is 64.5 Å². The minimum atomic E-state index is 0. The highest BCUT2D eigenvalue weighted by Gasteiger charge is 2.41. The molecule has 0 bridgehead atoms. The fourth-order valence-corrected chi connectivity index (χ4v) is 7.29. The molecule has 38 heavy (non-hydrogen) atoms. The molecule has 3 fully saturated rings. The summed E-state index contributed by atoms with van der Waals surface area (Å²) in [7, 11) is 1.82. The van der Waals surface area contributed by atoms with E-state index >= 15 is 0 Å².